The molecule has 1 aromatic rings. The van der Waals surface area contributed by atoms with Crippen LogP contribution >= 0.6 is 0 Å². The summed E-state index contributed by atoms with van der Waals surface area (Å²) in [6, 6.07) is 0. The Balaban J connectivity index is 2.31. The van der Waals surface area contributed by atoms with E-state index in [0.717, 1.165) is 18.8 Å². The molecule has 0 bridgehead atoms. The number of carbonyl (C=O) groups excluding carboxylic acids is 1. The van der Waals surface area contributed by atoms with Crippen LogP contribution in [-0.2, 0) is 16.9 Å². The number of rotatable bonds is 7. The summed E-state index contributed by atoms with van der Waals surface area (Å²) in [5, 5.41) is 11.5. The van der Waals surface area contributed by atoms with Gasteiger partial charge in [0.05, 0.1) is 17.4 Å². The molecule has 0 unspecified atom stereocenters. The molecule has 114 valence electrons. The number of hydrogen-bond donors (Lipinski definition) is 1. The van der Waals surface area contributed by atoms with Crippen LogP contribution in [0.1, 0.15) is 46.7 Å². The van der Waals surface area contributed by atoms with Gasteiger partial charge in [-0.05, 0) is 34.6 Å². The Kier molecular flexibility index (Phi) is 6.13. The molecule has 1 rings (SSSR count). The molecule has 1 N–H and O–H groups in total. The number of amides is 1. The Morgan fingerprint density at radius 3 is 2.50 bits per heavy atom. The topological polar surface area (TPSA) is 63.1 Å². The Morgan fingerprint density at radius 1 is 1.35 bits per heavy atom. The predicted molar refractivity (Wildman–Crippen MR) is 79.3 cm³/mol. The first kappa shape index (κ1) is 16.6. The van der Waals surface area contributed by atoms with Crippen LogP contribution in [-0.4, -0.2) is 45.4 Å². The number of carbonyl (C=O) groups is 1. The number of nitrogens with zero attached hydrogens (tertiary/aromatic N) is 4. The Bertz CT molecular complexity index is 417. The molecule has 0 saturated heterocycles. The maximum atomic E-state index is 11.8. The largest absolute Gasteiger partial charge is 0.343 e. The van der Waals surface area contributed by atoms with E-state index >= 15 is 0 Å². The van der Waals surface area contributed by atoms with Crippen LogP contribution in [0.15, 0.2) is 6.20 Å². The van der Waals surface area contributed by atoms with E-state index < -0.39 is 0 Å². The number of hydrogen-bond acceptors (Lipinski definition) is 4. The van der Waals surface area contributed by atoms with Gasteiger partial charge in [0.15, 0.2) is 0 Å². The predicted octanol–water partition coefficient (Wildman–Crippen LogP) is 1.38. The molecular formula is C14H27N5O. The Hall–Kier alpha value is -1.43. The normalized spacial score (nSPS) is 11.7. The van der Waals surface area contributed by atoms with Gasteiger partial charge in [-0.1, -0.05) is 5.21 Å². The third-order valence-electron chi connectivity index (χ3n) is 3.17. The van der Waals surface area contributed by atoms with Gasteiger partial charge in [-0.15, -0.1) is 5.10 Å². The first-order chi connectivity index (χ1) is 9.38. The lowest BCUT2D eigenvalue weighted by molar-refractivity contribution is -0.130. The van der Waals surface area contributed by atoms with E-state index in [9.17, 15) is 4.79 Å². The van der Waals surface area contributed by atoms with Crippen LogP contribution in [0.4, 0.5) is 0 Å². The molecule has 6 nitrogen and oxygen atoms in total. The molecule has 0 spiro atoms. The van der Waals surface area contributed by atoms with E-state index in [0.29, 0.717) is 19.5 Å². The summed E-state index contributed by atoms with van der Waals surface area (Å²) in [6.45, 7) is 13.1. The van der Waals surface area contributed by atoms with Crippen LogP contribution in [0.2, 0.25) is 0 Å². The SMILES string of the molecule is CCN(CC)C(=O)CCNCc1cn(C(C)(C)C)nn1. The summed E-state index contributed by atoms with van der Waals surface area (Å²) in [5.74, 6) is 0.195. The second-order valence-electron chi connectivity index (χ2n) is 5.82. The molecule has 0 fully saturated rings. The molecule has 0 aromatic carbocycles. The fourth-order valence-corrected chi connectivity index (χ4v) is 1.85. The van der Waals surface area contributed by atoms with Crippen LogP contribution < -0.4 is 5.32 Å². The first-order valence-electron chi connectivity index (χ1n) is 7.28. The van der Waals surface area contributed by atoms with E-state index in [1.807, 2.05) is 29.6 Å². The molecule has 0 aliphatic carbocycles. The minimum Gasteiger partial charge on any atom is -0.343 e. The van der Waals surface area contributed by atoms with Gasteiger partial charge < -0.3 is 10.2 Å². The molecule has 1 amide bonds. The zero-order valence-corrected chi connectivity index (χ0v) is 13.3. The van der Waals surface area contributed by atoms with Crippen molar-refractivity contribution in [1.82, 2.24) is 25.2 Å². The maximum Gasteiger partial charge on any atom is 0.223 e. The molecule has 20 heavy (non-hydrogen) atoms. The van der Waals surface area contributed by atoms with Crippen molar-refractivity contribution >= 4 is 5.91 Å². The van der Waals surface area contributed by atoms with Gasteiger partial charge in [-0.3, -0.25) is 4.79 Å². The molecule has 0 aliphatic heterocycles. The van der Waals surface area contributed by atoms with Crippen molar-refractivity contribution in [2.24, 2.45) is 0 Å². The fraction of sp³-hybridized carbons (Fsp3) is 0.786. The number of nitrogens with one attached hydrogen (secondary N) is 1. The Morgan fingerprint density at radius 2 is 2.00 bits per heavy atom. The second kappa shape index (κ2) is 7.38. The fourth-order valence-electron chi connectivity index (χ4n) is 1.85. The second-order valence-corrected chi connectivity index (χ2v) is 5.82. The molecule has 1 heterocycles. The van der Waals surface area contributed by atoms with E-state index in [1.165, 1.54) is 0 Å². The van der Waals surface area contributed by atoms with Crippen molar-refractivity contribution in [2.75, 3.05) is 19.6 Å². The minimum atomic E-state index is -0.0516. The van der Waals surface area contributed by atoms with Crippen molar-refractivity contribution in [1.29, 1.82) is 0 Å². The van der Waals surface area contributed by atoms with Gasteiger partial charge in [0.2, 0.25) is 5.91 Å². The minimum absolute atomic E-state index is 0.0516. The van der Waals surface area contributed by atoms with Crippen LogP contribution in [0, 0.1) is 0 Å². The van der Waals surface area contributed by atoms with E-state index in [-0.39, 0.29) is 11.4 Å². The van der Waals surface area contributed by atoms with Gasteiger partial charge in [0.1, 0.15) is 0 Å². The van der Waals surface area contributed by atoms with Crippen molar-refractivity contribution in [3.63, 3.8) is 0 Å². The summed E-state index contributed by atoms with van der Waals surface area (Å²) in [4.78, 5) is 13.7. The summed E-state index contributed by atoms with van der Waals surface area (Å²) in [7, 11) is 0. The van der Waals surface area contributed by atoms with Crippen molar-refractivity contribution in [2.45, 2.75) is 53.1 Å². The van der Waals surface area contributed by atoms with E-state index in [1.54, 1.807) is 0 Å². The van der Waals surface area contributed by atoms with Gasteiger partial charge >= 0.3 is 0 Å². The molecule has 0 radical (unpaired) electrons. The zero-order chi connectivity index (χ0) is 15.2. The number of aromatic nitrogens is 3. The maximum absolute atomic E-state index is 11.8. The summed E-state index contributed by atoms with van der Waals surface area (Å²) in [6.07, 6.45) is 2.47. The lowest BCUT2D eigenvalue weighted by Crippen LogP contribution is -2.32. The Labute approximate surface area is 121 Å². The summed E-state index contributed by atoms with van der Waals surface area (Å²) in [5.41, 5.74) is 0.847. The third kappa shape index (κ3) is 4.92. The van der Waals surface area contributed by atoms with Crippen LogP contribution in [0.25, 0.3) is 0 Å². The molecular weight excluding hydrogens is 254 g/mol. The molecule has 6 heteroatoms. The first-order valence-corrected chi connectivity index (χ1v) is 7.28. The lowest BCUT2D eigenvalue weighted by atomic mass is 10.1. The molecule has 1 aromatic heterocycles. The summed E-state index contributed by atoms with van der Waals surface area (Å²) >= 11 is 0. The van der Waals surface area contributed by atoms with Crippen molar-refractivity contribution in [3.05, 3.63) is 11.9 Å². The van der Waals surface area contributed by atoms with E-state index in [2.05, 4.69) is 36.4 Å². The van der Waals surface area contributed by atoms with Crippen molar-refractivity contribution < 1.29 is 4.79 Å². The molecule has 0 saturated carbocycles. The molecule has 0 atom stereocenters. The van der Waals surface area contributed by atoms with Gasteiger partial charge in [0.25, 0.3) is 0 Å². The quantitative estimate of drug-likeness (QED) is 0.767. The lowest BCUT2D eigenvalue weighted by Gasteiger charge is -2.18. The van der Waals surface area contributed by atoms with E-state index in [4.69, 9.17) is 0 Å². The average molecular weight is 281 g/mol. The molecule has 0 aliphatic rings. The summed E-state index contributed by atoms with van der Waals surface area (Å²) < 4.78 is 1.85. The standard InChI is InChI=1S/C14H27N5O/c1-6-18(7-2)13(20)8-9-15-10-12-11-19(17-16-12)14(3,4)5/h11,15H,6-10H2,1-5H3. The average Bonchev–Trinajstić information content (AvgIpc) is 2.85. The third-order valence-corrected chi connectivity index (χ3v) is 3.17. The highest BCUT2D eigenvalue weighted by Gasteiger charge is 2.15. The highest BCUT2D eigenvalue weighted by molar-refractivity contribution is 5.76. The smallest absolute Gasteiger partial charge is 0.223 e. The highest BCUT2D eigenvalue weighted by atomic mass is 16.2. The van der Waals surface area contributed by atoms with Gasteiger partial charge in [-0.25, -0.2) is 4.68 Å². The van der Waals surface area contributed by atoms with Gasteiger partial charge in [-0.2, -0.15) is 0 Å². The zero-order valence-electron chi connectivity index (χ0n) is 13.3. The van der Waals surface area contributed by atoms with Crippen LogP contribution in [0.5, 0.6) is 0 Å². The van der Waals surface area contributed by atoms with Gasteiger partial charge in [0, 0.05) is 32.6 Å². The van der Waals surface area contributed by atoms with Crippen molar-refractivity contribution in [3.8, 4) is 0 Å². The highest BCUT2D eigenvalue weighted by Crippen LogP contribution is 2.11. The van der Waals surface area contributed by atoms with Crippen LogP contribution in [0.3, 0.4) is 0 Å². The monoisotopic (exact) mass is 281 g/mol.